The van der Waals surface area contributed by atoms with Gasteiger partial charge in [-0.2, -0.15) is 0 Å². The van der Waals surface area contributed by atoms with E-state index in [1.165, 1.54) is 10.6 Å². The minimum Gasteiger partial charge on any atom is -0.456 e. The minimum absolute atomic E-state index is 0.211. The lowest BCUT2D eigenvalue weighted by atomic mass is 9.99. The lowest BCUT2D eigenvalue weighted by Crippen LogP contribution is -2.34. The summed E-state index contributed by atoms with van der Waals surface area (Å²) in [6, 6.07) is 20.6. The third-order valence-electron chi connectivity index (χ3n) is 5.29. The summed E-state index contributed by atoms with van der Waals surface area (Å²) in [5.74, 6) is -0.137. The standard InChI is InChI=1S/C25H23NO6S/c1-33(29,30)26-15-7-8-18-16-19(13-14-22(18)26)23(27)17-31-25(28)21-11-5-6-12-24(21)32-20-9-3-2-4-10-20/h2-6,9-14,16H,7-8,15,17H2,1H3. The van der Waals surface area contributed by atoms with E-state index in [0.29, 0.717) is 42.1 Å². The van der Waals surface area contributed by atoms with Gasteiger partial charge in [0.25, 0.3) is 0 Å². The molecule has 0 saturated heterocycles. The fraction of sp³-hybridized carbons (Fsp3) is 0.200. The molecule has 0 N–H and O–H groups in total. The largest absolute Gasteiger partial charge is 0.456 e. The van der Waals surface area contributed by atoms with Gasteiger partial charge in [-0.25, -0.2) is 13.2 Å². The van der Waals surface area contributed by atoms with E-state index in [1.807, 2.05) is 18.2 Å². The highest BCUT2D eigenvalue weighted by molar-refractivity contribution is 7.92. The van der Waals surface area contributed by atoms with Gasteiger partial charge in [0.2, 0.25) is 10.0 Å². The maximum atomic E-state index is 12.7. The smallest absolute Gasteiger partial charge is 0.342 e. The van der Waals surface area contributed by atoms with Crippen molar-refractivity contribution in [1.82, 2.24) is 0 Å². The van der Waals surface area contributed by atoms with Crippen molar-refractivity contribution in [3.8, 4) is 11.5 Å². The van der Waals surface area contributed by atoms with Gasteiger partial charge >= 0.3 is 5.97 Å². The molecule has 0 atom stereocenters. The number of ketones is 1. The molecular formula is C25H23NO6S. The van der Waals surface area contributed by atoms with Crippen LogP contribution in [-0.4, -0.2) is 39.6 Å². The normalized spacial score (nSPS) is 13.2. The maximum absolute atomic E-state index is 12.7. The van der Waals surface area contributed by atoms with Crippen LogP contribution in [0.1, 0.15) is 32.7 Å². The Labute approximate surface area is 192 Å². The van der Waals surface area contributed by atoms with Crippen molar-refractivity contribution in [3.05, 3.63) is 89.5 Å². The van der Waals surface area contributed by atoms with E-state index < -0.39 is 22.6 Å². The Hall–Kier alpha value is -3.65. The Morgan fingerprint density at radius 1 is 0.970 bits per heavy atom. The zero-order valence-electron chi connectivity index (χ0n) is 18.1. The van der Waals surface area contributed by atoms with E-state index in [2.05, 4.69) is 0 Å². The summed E-state index contributed by atoms with van der Waals surface area (Å²) in [4.78, 5) is 25.3. The molecule has 7 nitrogen and oxygen atoms in total. The van der Waals surface area contributed by atoms with Crippen molar-refractivity contribution in [2.45, 2.75) is 12.8 Å². The zero-order valence-corrected chi connectivity index (χ0v) is 18.9. The number of ether oxygens (including phenoxy) is 2. The lowest BCUT2D eigenvalue weighted by molar-refractivity contribution is 0.0472. The molecule has 0 amide bonds. The molecule has 8 heteroatoms. The fourth-order valence-corrected chi connectivity index (χ4v) is 4.71. The summed E-state index contributed by atoms with van der Waals surface area (Å²) in [5, 5.41) is 0. The molecule has 0 saturated carbocycles. The first-order valence-electron chi connectivity index (χ1n) is 10.5. The number of aryl methyl sites for hydroxylation is 1. The summed E-state index contributed by atoms with van der Waals surface area (Å²) in [6.07, 6.45) is 2.51. The average molecular weight is 466 g/mol. The van der Waals surface area contributed by atoms with E-state index in [-0.39, 0.29) is 11.3 Å². The van der Waals surface area contributed by atoms with Crippen LogP contribution in [0.4, 0.5) is 5.69 Å². The summed E-state index contributed by atoms with van der Waals surface area (Å²) in [6.45, 7) is -0.0196. The Balaban J connectivity index is 1.45. The molecule has 0 aliphatic carbocycles. The number of sulfonamides is 1. The molecule has 0 fully saturated rings. The van der Waals surface area contributed by atoms with E-state index in [4.69, 9.17) is 9.47 Å². The van der Waals surface area contributed by atoms with Crippen molar-refractivity contribution >= 4 is 27.5 Å². The van der Waals surface area contributed by atoms with Gasteiger partial charge in [0.05, 0.1) is 11.9 Å². The van der Waals surface area contributed by atoms with E-state index in [9.17, 15) is 18.0 Å². The minimum atomic E-state index is -3.38. The molecule has 0 unspecified atom stereocenters. The third kappa shape index (κ3) is 5.23. The van der Waals surface area contributed by atoms with Gasteiger partial charge in [0.15, 0.2) is 12.4 Å². The van der Waals surface area contributed by atoms with Crippen LogP contribution in [-0.2, 0) is 21.2 Å². The number of rotatable bonds is 7. The second kappa shape index (κ2) is 9.46. The Morgan fingerprint density at radius 3 is 2.45 bits per heavy atom. The molecular weight excluding hydrogens is 442 g/mol. The number of Topliss-reactive ketones (excluding diaryl/α,β-unsaturated/α-hetero) is 1. The van der Waals surface area contributed by atoms with E-state index >= 15 is 0 Å². The highest BCUT2D eigenvalue weighted by Gasteiger charge is 2.25. The predicted molar refractivity (Wildman–Crippen MR) is 125 cm³/mol. The van der Waals surface area contributed by atoms with Crippen molar-refractivity contribution in [3.63, 3.8) is 0 Å². The summed E-state index contributed by atoms with van der Waals surface area (Å²) in [5.41, 5.74) is 1.95. The monoisotopic (exact) mass is 465 g/mol. The van der Waals surface area contributed by atoms with Gasteiger partial charge in [-0.1, -0.05) is 30.3 Å². The van der Waals surface area contributed by atoms with Crippen molar-refractivity contribution in [1.29, 1.82) is 0 Å². The van der Waals surface area contributed by atoms with Crippen LogP contribution in [0.2, 0.25) is 0 Å². The van der Waals surface area contributed by atoms with Crippen LogP contribution in [0, 0.1) is 0 Å². The quantitative estimate of drug-likeness (QED) is 0.383. The Bertz CT molecular complexity index is 1290. The lowest BCUT2D eigenvalue weighted by Gasteiger charge is -2.29. The third-order valence-corrected chi connectivity index (χ3v) is 6.47. The first kappa shape index (κ1) is 22.5. The van der Waals surface area contributed by atoms with Crippen molar-refractivity contribution < 1.29 is 27.5 Å². The zero-order chi connectivity index (χ0) is 23.4. The molecule has 4 rings (SSSR count). The molecule has 0 radical (unpaired) electrons. The highest BCUT2D eigenvalue weighted by atomic mass is 32.2. The number of hydrogen-bond acceptors (Lipinski definition) is 6. The van der Waals surface area contributed by atoms with Crippen LogP contribution in [0.25, 0.3) is 0 Å². The van der Waals surface area contributed by atoms with Crippen LogP contribution < -0.4 is 9.04 Å². The second-order valence-corrected chi connectivity index (χ2v) is 9.60. The molecule has 1 aliphatic heterocycles. The first-order chi connectivity index (χ1) is 15.8. The molecule has 0 aromatic heterocycles. The number of benzene rings is 3. The molecule has 1 heterocycles. The van der Waals surface area contributed by atoms with Crippen molar-refractivity contribution in [2.75, 3.05) is 23.7 Å². The number of esters is 1. The van der Waals surface area contributed by atoms with Crippen molar-refractivity contribution in [2.24, 2.45) is 0 Å². The van der Waals surface area contributed by atoms with Gasteiger partial charge in [-0.05, 0) is 60.9 Å². The van der Waals surface area contributed by atoms with Crippen LogP contribution in [0.5, 0.6) is 11.5 Å². The highest BCUT2D eigenvalue weighted by Crippen LogP contribution is 2.30. The number of nitrogens with zero attached hydrogens (tertiary/aromatic N) is 1. The van der Waals surface area contributed by atoms with Crippen LogP contribution in [0.15, 0.2) is 72.8 Å². The molecule has 1 aliphatic rings. The summed E-state index contributed by atoms with van der Waals surface area (Å²) < 4.78 is 36.4. The second-order valence-electron chi connectivity index (χ2n) is 7.69. The number of fused-ring (bicyclic) bond motifs is 1. The topological polar surface area (TPSA) is 90.0 Å². The van der Waals surface area contributed by atoms with Gasteiger partial charge in [0.1, 0.15) is 17.1 Å². The molecule has 170 valence electrons. The maximum Gasteiger partial charge on any atom is 0.342 e. The van der Waals surface area contributed by atoms with Gasteiger partial charge in [-0.3, -0.25) is 9.10 Å². The first-order valence-corrected chi connectivity index (χ1v) is 12.3. The Morgan fingerprint density at radius 2 is 1.70 bits per heavy atom. The molecule has 3 aromatic carbocycles. The van der Waals surface area contributed by atoms with Crippen LogP contribution in [0.3, 0.4) is 0 Å². The summed E-state index contributed by atoms with van der Waals surface area (Å²) >= 11 is 0. The molecule has 33 heavy (non-hydrogen) atoms. The van der Waals surface area contributed by atoms with Gasteiger partial charge in [0, 0.05) is 12.1 Å². The number of carbonyl (C=O) groups is 2. The number of carbonyl (C=O) groups excluding carboxylic acids is 2. The number of para-hydroxylation sites is 2. The fourth-order valence-electron chi connectivity index (χ4n) is 3.71. The van der Waals surface area contributed by atoms with Gasteiger partial charge < -0.3 is 9.47 Å². The van der Waals surface area contributed by atoms with Crippen LogP contribution >= 0.6 is 0 Å². The predicted octanol–water partition coefficient (Wildman–Crippen LogP) is 4.23. The number of anilines is 1. The van der Waals surface area contributed by atoms with Gasteiger partial charge in [-0.15, -0.1) is 0 Å². The molecule has 0 spiro atoms. The summed E-state index contributed by atoms with van der Waals surface area (Å²) in [7, 11) is -3.38. The molecule has 3 aromatic rings. The average Bonchev–Trinajstić information content (AvgIpc) is 2.82. The SMILES string of the molecule is CS(=O)(=O)N1CCCc2cc(C(=O)COC(=O)c3ccccc3Oc3ccccc3)ccc21. The van der Waals surface area contributed by atoms with E-state index in [1.54, 1.807) is 54.6 Å². The Kier molecular flexibility index (Phi) is 6.46. The number of hydrogen-bond donors (Lipinski definition) is 0. The molecule has 0 bridgehead atoms. The van der Waals surface area contributed by atoms with E-state index in [0.717, 1.165) is 5.56 Å².